The number of hydrogen-bond donors (Lipinski definition) is 0. The van der Waals surface area contributed by atoms with Gasteiger partial charge in [0.2, 0.25) is 0 Å². The Morgan fingerprint density at radius 2 is 0.939 bits per heavy atom. The smallest absolute Gasteiger partial charge is 0.741 e. The Morgan fingerprint density at radius 1 is 0.633 bits per heavy atom. The van der Waals surface area contributed by atoms with Crippen molar-refractivity contribution in [1.82, 2.24) is 19.8 Å². The Balaban J connectivity index is 0.000000321. The van der Waals surface area contributed by atoms with Crippen molar-refractivity contribution in [2.75, 3.05) is 13.1 Å². The molecular formula is C30H30F6MnN4O6S2. The van der Waals surface area contributed by atoms with Gasteiger partial charge in [-0.1, -0.05) is 48.5 Å². The van der Waals surface area contributed by atoms with Crippen LogP contribution in [0.1, 0.15) is 37.1 Å². The van der Waals surface area contributed by atoms with Crippen LogP contribution in [0.5, 0.6) is 0 Å². The standard InChI is InChI=1S/C28H30N4.2CHF3O3S.Mn/c1-3-9-23-17-29-25(15-21(23)7-1)19-31-13-5-11-27(31)28-12-6-14-32(28)20-26-16-22-8-2-4-10-24(22)18-30-26;2*2-1(3,4)8(5,6)7;/h1-4,7-10,15-18,27-28H,5-6,11-14,19-20H2;2*(H,5,6,7);/q;;;+2/p-2/t27-,28-;;;/m0.../s1. The van der Waals surface area contributed by atoms with Crippen molar-refractivity contribution >= 4 is 41.8 Å². The summed E-state index contributed by atoms with van der Waals surface area (Å²) in [6.45, 7) is 4.26. The molecule has 2 aliphatic heterocycles. The number of nitrogens with zero attached hydrogens (tertiary/aromatic N) is 4. The van der Waals surface area contributed by atoms with E-state index in [4.69, 9.17) is 35.9 Å². The molecule has 1 radical (unpaired) electrons. The Bertz CT molecular complexity index is 1790. The van der Waals surface area contributed by atoms with E-state index in [0.29, 0.717) is 12.1 Å². The quantitative estimate of drug-likeness (QED) is 0.110. The van der Waals surface area contributed by atoms with Crippen molar-refractivity contribution in [2.24, 2.45) is 0 Å². The Hall–Kier alpha value is -2.90. The SMILES string of the molecule is O=S(=O)([O-])C(F)(F)F.O=S(=O)([O-])C(F)(F)F.[Mn+2].c1ccc2cc(CN3CCC[C@H]3[C@@H]3CCCN3Cc3cc4ccccc4cn3)ncc2c1. The van der Waals surface area contributed by atoms with E-state index in [1.165, 1.54) is 71.7 Å². The fourth-order valence-electron chi connectivity index (χ4n) is 5.82. The first-order valence-electron chi connectivity index (χ1n) is 14.5. The summed E-state index contributed by atoms with van der Waals surface area (Å²) in [5, 5.41) is 5.02. The van der Waals surface area contributed by atoms with Crippen molar-refractivity contribution in [3.05, 3.63) is 84.4 Å². The van der Waals surface area contributed by atoms with E-state index >= 15 is 0 Å². The molecule has 6 rings (SSSR count). The average molecular weight is 776 g/mol. The predicted molar refractivity (Wildman–Crippen MR) is 162 cm³/mol. The Morgan fingerprint density at radius 3 is 1.24 bits per heavy atom. The van der Waals surface area contributed by atoms with E-state index in [2.05, 4.69) is 70.5 Å². The normalized spacial score (nSPS) is 19.1. The van der Waals surface area contributed by atoms with E-state index in [1.807, 2.05) is 12.4 Å². The first-order valence-corrected chi connectivity index (χ1v) is 17.3. The van der Waals surface area contributed by atoms with Gasteiger partial charge in [0.25, 0.3) is 0 Å². The van der Waals surface area contributed by atoms with Crippen LogP contribution >= 0.6 is 0 Å². The van der Waals surface area contributed by atoms with Gasteiger partial charge >= 0.3 is 28.1 Å². The molecule has 49 heavy (non-hydrogen) atoms. The predicted octanol–water partition coefficient (Wildman–Crippen LogP) is 5.51. The molecule has 2 aromatic heterocycles. The van der Waals surface area contributed by atoms with Gasteiger partial charge in [0.15, 0.2) is 20.2 Å². The molecule has 2 aromatic carbocycles. The number of aromatic nitrogens is 2. The minimum atomic E-state index is -6.09. The third-order valence-electron chi connectivity index (χ3n) is 7.94. The molecule has 0 saturated carbocycles. The zero-order valence-corrected chi connectivity index (χ0v) is 28.3. The first kappa shape index (κ1) is 40.5. The fourth-order valence-corrected chi connectivity index (χ4v) is 5.82. The number of hydrogen-bond acceptors (Lipinski definition) is 10. The molecule has 0 aliphatic carbocycles. The molecule has 0 bridgehead atoms. The summed E-state index contributed by atoms with van der Waals surface area (Å²) in [5.74, 6) is 0. The molecule has 0 unspecified atom stereocenters. The average Bonchev–Trinajstić information content (AvgIpc) is 3.64. The summed E-state index contributed by atoms with van der Waals surface area (Å²) < 4.78 is 118. The van der Waals surface area contributed by atoms with Crippen LogP contribution in [0.15, 0.2) is 73.1 Å². The summed E-state index contributed by atoms with van der Waals surface area (Å²) >= 11 is 0. The second-order valence-corrected chi connectivity index (χ2v) is 13.9. The second kappa shape index (κ2) is 16.4. The van der Waals surface area contributed by atoms with Gasteiger partial charge in [-0.2, -0.15) is 26.3 Å². The summed E-state index contributed by atoms with van der Waals surface area (Å²) in [6.07, 6.45) is 9.22. The molecule has 2 saturated heterocycles. The molecule has 0 amide bonds. The zero-order valence-electron chi connectivity index (χ0n) is 25.4. The van der Waals surface area contributed by atoms with E-state index in [1.54, 1.807) is 0 Å². The van der Waals surface area contributed by atoms with E-state index in [-0.39, 0.29) is 17.1 Å². The fraction of sp³-hybridized carbons (Fsp3) is 0.400. The van der Waals surface area contributed by atoms with Gasteiger partial charge in [0.05, 0.1) is 11.4 Å². The van der Waals surface area contributed by atoms with Crippen LogP contribution in [0.3, 0.4) is 0 Å². The maximum absolute atomic E-state index is 10.7. The molecule has 10 nitrogen and oxygen atoms in total. The number of likely N-dealkylation sites (tertiary alicyclic amines) is 2. The van der Waals surface area contributed by atoms with Crippen LogP contribution in [0, 0.1) is 0 Å². The van der Waals surface area contributed by atoms with Crippen molar-refractivity contribution in [3.8, 4) is 0 Å². The minimum absolute atomic E-state index is 0. The van der Waals surface area contributed by atoms with Gasteiger partial charge in [0, 0.05) is 48.3 Å². The molecule has 2 atom stereocenters. The van der Waals surface area contributed by atoms with Crippen LogP contribution in [-0.4, -0.2) is 81.9 Å². The van der Waals surface area contributed by atoms with Crippen LogP contribution < -0.4 is 0 Å². The summed E-state index contributed by atoms with van der Waals surface area (Å²) in [5.41, 5.74) is -8.91. The molecule has 267 valence electrons. The number of halogens is 6. The Kier molecular flexibility index (Phi) is 13.6. The molecule has 19 heteroatoms. The number of benzene rings is 2. The molecule has 0 N–H and O–H groups in total. The molecular weight excluding hydrogens is 745 g/mol. The number of alkyl halides is 6. The van der Waals surface area contributed by atoms with Crippen LogP contribution in [0.4, 0.5) is 26.3 Å². The van der Waals surface area contributed by atoms with Gasteiger partial charge in [-0.15, -0.1) is 0 Å². The topological polar surface area (TPSA) is 147 Å². The largest absolute Gasteiger partial charge is 2.00 e. The maximum atomic E-state index is 10.7. The van der Waals surface area contributed by atoms with Gasteiger partial charge in [-0.25, -0.2) is 16.8 Å². The summed E-state index contributed by atoms with van der Waals surface area (Å²) in [4.78, 5) is 14.9. The van der Waals surface area contributed by atoms with Crippen molar-refractivity contribution in [2.45, 2.75) is 61.9 Å². The van der Waals surface area contributed by atoms with Gasteiger partial charge in [0.1, 0.15) is 0 Å². The number of rotatable bonds is 5. The van der Waals surface area contributed by atoms with Crippen LogP contribution in [-0.2, 0) is 50.4 Å². The minimum Gasteiger partial charge on any atom is -0.741 e. The second-order valence-electron chi connectivity index (χ2n) is 11.2. The van der Waals surface area contributed by atoms with E-state index < -0.39 is 31.3 Å². The van der Waals surface area contributed by atoms with Crippen molar-refractivity contribution in [1.29, 1.82) is 0 Å². The van der Waals surface area contributed by atoms with Crippen LogP contribution in [0.25, 0.3) is 21.5 Å². The van der Waals surface area contributed by atoms with Crippen molar-refractivity contribution in [3.63, 3.8) is 0 Å². The van der Waals surface area contributed by atoms with Gasteiger partial charge in [-0.3, -0.25) is 19.8 Å². The Labute approximate surface area is 289 Å². The zero-order chi connectivity index (χ0) is 35.3. The third-order valence-corrected chi connectivity index (χ3v) is 9.08. The van der Waals surface area contributed by atoms with Gasteiger partial charge in [-0.05, 0) is 61.7 Å². The van der Waals surface area contributed by atoms with Crippen LogP contribution in [0.2, 0.25) is 0 Å². The first-order chi connectivity index (χ1) is 22.3. The summed E-state index contributed by atoms with van der Waals surface area (Å²) in [6, 6.07) is 22.8. The molecule has 4 aromatic rings. The summed E-state index contributed by atoms with van der Waals surface area (Å²) in [7, 11) is -12.2. The number of pyridine rings is 2. The van der Waals surface area contributed by atoms with Gasteiger partial charge < -0.3 is 9.11 Å². The molecule has 4 heterocycles. The van der Waals surface area contributed by atoms with E-state index in [0.717, 1.165) is 13.1 Å². The molecule has 2 fully saturated rings. The van der Waals surface area contributed by atoms with Crippen molar-refractivity contribution < 1.29 is 69.4 Å². The van der Waals surface area contributed by atoms with E-state index in [9.17, 15) is 26.3 Å². The third kappa shape index (κ3) is 11.0. The molecule has 2 aliphatic rings. The maximum Gasteiger partial charge on any atom is 2.00 e. The number of fused-ring (bicyclic) bond motifs is 2. The molecule has 0 spiro atoms. The monoisotopic (exact) mass is 775 g/mol.